The number of hydrogen-bond donors (Lipinski definition) is 1. The second-order valence-electron chi connectivity index (χ2n) is 6.15. The summed E-state index contributed by atoms with van der Waals surface area (Å²) in [6.45, 7) is 1.99. The van der Waals surface area contributed by atoms with E-state index in [1.165, 1.54) is 18.2 Å². The number of nitrogens with one attached hydrogen (secondary N) is 1. The molecule has 0 saturated carbocycles. The van der Waals surface area contributed by atoms with Crippen LogP contribution in [-0.4, -0.2) is 10.8 Å². The molecule has 0 fully saturated rings. The van der Waals surface area contributed by atoms with Crippen molar-refractivity contribution in [1.29, 1.82) is 0 Å². The maximum Gasteiger partial charge on any atom is 0.288 e. The molecule has 1 N–H and O–H groups in total. The third-order valence-electron chi connectivity index (χ3n) is 4.22. The van der Waals surface area contributed by atoms with E-state index in [4.69, 9.17) is 11.6 Å². The van der Waals surface area contributed by atoms with Crippen LogP contribution in [-0.2, 0) is 0 Å². The maximum atomic E-state index is 12.8. The van der Waals surface area contributed by atoms with Crippen molar-refractivity contribution in [1.82, 2.24) is 5.32 Å². The number of aryl methyl sites for hydroxylation is 1. The van der Waals surface area contributed by atoms with Crippen molar-refractivity contribution in [2.24, 2.45) is 0 Å². The number of amides is 1. The van der Waals surface area contributed by atoms with Gasteiger partial charge in [0.05, 0.1) is 11.0 Å². The van der Waals surface area contributed by atoms with Crippen LogP contribution in [0.25, 0.3) is 0 Å². The quantitative estimate of drug-likeness (QED) is 0.495. The predicted octanol–water partition coefficient (Wildman–Crippen LogP) is 5.08. The molecule has 3 aromatic rings. The molecule has 27 heavy (non-hydrogen) atoms. The van der Waals surface area contributed by atoms with Gasteiger partial charge in [0.15, 0.2) is 0 Å². The van der Waals surface area contributed by atoms with Gasteiger partial charge in [-0.25, -0.2) is 0 Å². The molecule has 1 atom stereocenters. The number of nitro benzene ring substituents is 1. The van der Waals surface area contributed by atoms with E-state index < -0.39 is 10.8 Å². The van der Waals surface area contributed by atoms with E-state index in [0.717, 1.165) is 16.7 Å². The summed E-state index contributed by atoms with van der Waals surface area (Å²) in [7, 11) is 0. The molecule has 0 saturated heterocycles. The number of nitro groups is 1. The molecule has 3 rings (SSSR count). The molecule has 136 valence electrons. The summed E-state index contributed by atoms with van der Waals surface area (Å²) in [6, 6.07) is 21.1. The van der Waals surface area contributed by atoms with Crippen molar-refractivity contribution in [3.63, 3.8) is 0 Å². The highest BCUT2D eigenvalue weighted by Crippen LogP contribution is 2.27. The molecular formula is C21H17ClN2O3. The van der Waals surface area contributed by atoms with Gasteiger partial charge >= 0.3 is 0 Å². The van der Waals surface area contributed by atoms with Crippen molar-refractivity contribution < 1.29 is 9.72 Å². The SMILES string of the molecule is Cc1ccc(C(NC(=O)c2ccc(Cl)c([N+](=O)[O-])c2)c2ccccc2)cc1. The molecule has 0 heterocycles. The Hall–Kier alpha value is -3.18. The van der Waals surface area contributed by atoms with E-state index in [1.54, 1.807) is 0 Å². The second kappa shape index (κ2) is 8.01. The van der Waals surface area contributed by atoms with Crippen LogP contribution in [0.3, 0.4) is 0 Å². The Morgan fingerprint density at radius 2 is 1.63 bits per heavy atom. The fourth-order valence-corrected chi connectivity index (χ4v) is 2.96. The highest BCUT2D eigenvalue weighted by atomic mass is 35.5. The molecule has 1 amide bonds. The topological polar surface area (TPSA) is 72.2 Å². The Morgan fingerprint density at radius 1 is 1.00 bits per heavy atom. The lowest BCUT2D eigenvalue weighted by Crippen LogP contribution is -2.29. The van der Waals surface area contributed by atoms with Crippen molar-refractivity contribution in [3.05, 3.63) is 110 Å². The predicted molar refractivity (Wildman–Crippen MR) is 105 cm³/mol. The summed E-state index contributed by atoms with van der Waals surface area (Å²) in [6.07, 6.45) is 0. The molecule has 0 radical (unpaired) electrons. The largest absolute Gasteiger partial charge is 0.341 e. The van der Waals surface area contributed by atoms with E-state index in [0.29, 0.717) is 0 Å². The normalized spacial score (nSPS) is 11.6. The molecule has 0 aliphatic heterocycles. The van der Waals surface area contributed by atoms with Crippen molar-refractivity contribution in [2.75, 3.05) is 0 Å². The minimum absolute atomic E-state index is 0.00491. The van der Waals surface area contributed by atoms with Crippen LogP contribution in [0.4, 0.5) is 5.69 Å². The number of rotatable bonds is 5. The average molecular weight is 381 g/mol. The van der Waals surface area contributed by atoms with Gasteiger partial charge in [-0.3, -0.25) is 14.9 Å². The lowest BCUT2D eigenvalue weighted by atomic mass is 9.97. The van der Waals surface area contributed by atoms with E-state index in [-0.39, 0.29) is 22.3 Å². The molecule has 6 heteroatoms. The van der Waals surface area contributed by atoms with E-state index in [2.05, 4.69) is 5.32 Å². The number of carbonyl (C=O) groups is 1. The Kier molecular flexibility index (Phi) is 5.52. The van der Waals surface area contributed by atoms with Gasteiger partial charge in [0.2, 0.25) is 0 Å². The van der Waals surface area contributed by atoms with Crippen molar-refractivity contribution >= 4 is 23.2 Å². The summed E-state index contributed by atoms with van der Waals surface area (Å²) < 4.78 is 0. The molecule has 0 bridgehead atoms. The number of halogens is 1. The lowest BCUT2D eigenvalue weighted by Gasteiger charge is -2.20. The van der Waals surface area contributed by atoms with Crippen LogP contribution in [0.1, 0.15) is 33.1 Å². The van der Waals surface area contributed by atoms with Crippen LogP contribution in [0, 0.1) is 17.0 Å². The van der Waals surface area contributed by atoms with Gasteiger partial charge in [-0.2, -0.15) is 0 Å². The standard InChI is InChI=1S/C21H17ClN2O3/c1-14-7-9-16(10-8-14)20(15-5-3-2-4-6-15)23-21(25)17-11-12-18(22)19(13-17)24(26)27/h2-13,20H,1H3,(H,23,25). The number of carbonyl (C=O) groups excluding carboxylic acids is 1. The first-order valence-electron chi connectivity index (χ1n) is 8.32. The zero-order chi connectivity index (χ0) is 19.4. The molecular weight excluding hydrogens is 364 g/mol. The zero-order valence-electron chi connectivity index (χ0n) is 14.6. The smallest absolute Gasteiger partial charge is 0.288 e. The van der Waals surface area contributed by atoms with Crippen LogP contribution < -0.4 is 5.32 Å². The molecule has 0 spiro atoms. The molecule has 0 aliphatic rings. The van der Waals surface area contributed by atoms with Gasteiger partial charge < -0.3 is 5.32 Å². The van der Waals surface area contributed by atoms with Crippen LogP contribution in [0.2, 0.25) is 5.02 Å². The molecule has 1 unspecified atom stereocenters. The summed E-state index contributed by atoms with van der Waals surface area (Å²) in [5.41, 5.74) is 2.84. The summed E-state index contributed by atoms with van der Waals surface area (Å²) >= 11 is 5.83. The zero-order valence-corrected chi connectivity index (χ0v) is 15.3. The summed E-state index contributed by atoms with van der Waals surface area (Å²) in [5.74, 6) is -0.413. The number of hydrogen-bond acceptors (Lipinski definition) is 3. The van der Waals surface area contributed by atoms with Gasteiger partial charge in [-0.1, -0.05) is 71.8 Å². The van der Waals surface area contributed by atoms with E-state index in [1.807, 2.05) is 61.5 Å². The van der Waals surface area contributed by atoms with E-state index in [9.17, 15) is 14.9 Å². The van der Waals surface area contributed by atoms with Crippen LogP contribution in [0.5, 0.6) is 0 Å². The third kappa shape index (κ3) is 4.33. The second-order valence-corrected chi connectivity index (χ2v) is 6.56. The molecule has 0 aliphatic carbocycles. The van der Waals surface area contributed by atoms with Gasteiger partial charge in [-0.15, -0.1) is 0 Å². The van der Waals surface area contributed by atoms with Crippen LogP contribution >= 0.6 is 11.6 Å². The number of benzene rings is 3. The average Bonchev–Trinajstić information content (AvgIpc) is 2.67. The maximum absolute atomic E-state index is 12.8. The Morgan fingerprint density at radius 3 is 2.26 bits per heavy atom. The van der Waals surface area contributed by atoms with Gasteiger partial charge in [-0.05, 0) is 30.2 Å². The highest BCUT2D eigenvalue weighted by Gasteiger charge is 2.20. The molecule has 0 aromatic heterocycles. The van der Waals surface area contributed by atoms with Crippen molar-refractivity contribution in [3.8, 4) is 0 Å². The van der Waals surface area contributed by atoms with Crippen molar-refractivity contribution in [2.45, 2.75) is 13.0 Å². The van der Waals surface area contributed by atoms with Crippen LogP contribution in [0.15, 0.2) is 72.8 Å². The van der Waals surface area contributed by atoms with Gasteiger partial charge in [0, 0.05) is 11.6 Å². The van der Waals surface area contributed by atoms with Gasteiger partial charge in [0.1, 0.15) is 5.02 Å². The number of nitrogens with zero attached hydrogens (tertiary/aromatic N) is 1. The highest BCUT2D eigenvalue weighted by molar-refractivity contribution is 6.32. The third-order valence-corrected chi connectivity index (χ3v) is 4.54. The Balaban J connectivity index is 1.95. The Bertz CT molecular complexity index is 972. The first-order chi connectivity index (χ1) is 13.0. The minimum atomic E-state index is -0.603. The molecule has 3 aromatic carbocycles. The van der Waals surface area contributed by atoms with Gasteiger partial charge in [0.25, 0.3) is 11.6 Å². The fraction of sp³-hybridized carbons (Fsp3) is 0.0952. The summed E-state index contributed by atoms with van der Waals surface area (Å²) in [4.78, 5) is 23.3. The monoisotopic (exact) mass is 380 g/mol. The summed E-state index contributed by atoms with van der Waals surface area (Å²) in [5, 5.41) is 14.0. The lowest BCUT2D eigenvalue weighted by molar-refractivity contribution is -0.384. The first-order valence-corrected chi connectivity index (χ1v) is 8.70. The Labute approximate surface area is 161 Å². The fourth-order valence-electron chi connectivity index (χ4n) is 2.77. The molecule has 5 nitrogen and oxygen atoms in total. The first kappa shape index (κ1) is 18.6. The van der Waals surface area contributed by atoms with E-state index >= 15 is 0 Å². The minimum Gasteiger partial charge on any atom is -0.341 e.